The van der Waals surface area contributed by atoms with Crippen LogP contribution in [0.3, 0.4) is 0 Å². The monoisotopic (exact) mass is 244 g/mol. The van der Waals surface area contributed by atoms with Gasteiger partial charge < -0.3 is 4.74 Å². The van der Waals surface area contributed by atoms with Crippen molar-refractivity contribution in [3.63, 3.8) is 0 Å². The van der Waals surface area contributed by atoms with E-state index in [0.717, 1.165) is 15.8 Å². The summed E-state index contributed by atoms with van der Waals surface area (Å²) in [5.41, 5.74) is 2.36. The molecule has 1 rings (SSSR count). The fourth-order valence-electron chi connectivity index (χ4n) is 0.995. The number of benzene rings is 1. The Morgan fingerprint density at radius 1 is 1.15 bits per heavy atom. The molecule has 0 heterocycles. The molecule has 0 fully saturated rings. The second-order valence-electron chi connectivity index (χ2n) is 2.57. The highest BCUT2D eigenvalue weighted by Gasteiger charge is 2.02. The van der Waals surface area contributed by atoms with Gasteiger partial charge in [-0.1, -0.05) is 29.8 Å². The van der Waals surface area contributed by atoms with Gasteiger partial charge in [0.25, 0.3) is 0 Å². The third-order valence-electron chi connectivity index (χ3n) is 1.66. The van der Waals surface area contributed by atoms with Crippen LogP contribution in [0.2, 0.25) is 0 Å². The van der Waals surface area contributed by atoms with E-state index in [1.807, 2.05) is 33.8 Å². The molecule has 2 heteroatoms. The van der Waals surface area contributed by atoms with Crippen molar-refractivity contribution < 1.29 is 4.74 Å². The Kier molecular flexibility index (Phi) is 5.80. The summed E-state index contributed by atoms with van der Waals surface area (Å²) in [5, 5.41) is 0. The number of hydrogen-bond acceptors (Lipinski definition) is 1. The first-order chi connectivity index (χ1) is 6.15. The average molecular weight is 245 g/mol. The summed E-state index contributed by atoms with van der Waals surface area (Å²) in [6, 6.07) is 4.11. The summed E-state index contributed by atoms with van der Waals surface area (Å²) in [4.78, 5) is 0. The first-order valence-electron chi connectivity index (χ1n) is 4.46. The predicted octanol–water partition coefficient (Wildman–Crippen LogP) is 4.10. The molecule has 0 saturated heterocycles. The average Bonchev–Trinajstić information content (AvgIpc) is 2.14. The van der Waals surface area contributed by atoms with Crippen LogP contribution in [0.5, 0.6) is 5.75 Å². The molecule has 0 N–H and O–H groups in total. The molecule has 0 aliphatic heterocycles. The maximum atomic E-state index is 5.18. The second-order valence-corrected chi connectivity index (χ2v) is 3.43. The number of ether oxygens (including phenoxy) is 1. The van der Waals surface area contributed by atoms with Gasteiger partial charge in [-0.25, -0.2) is 0 Å². The third-order valence-corrected chi connectivity index (χ3v) is 2.48. The van der Waals surface area contributed by atoms with Crippen molar-refractivity contribution in [2.75, 3.05) is 7.11 Å². The fraction of sp³-hybridized carbons (Fsp3) is 0.455. The van der Waals surface area contributed by atoms with Crippen molar-refractivity contribution >= 4 is 15.9 Å². The lowest BCUT2D eigenvalue weighted by Gasteiger charge is -2.07. The molecule has 0 aliphatic carbocycles. The molecule has 13 heavy (non-hydrogen) atoms. The number of aryl methyl sites for hydroxylation is 1. The van der Waals surface area contributed by atoms with Crippen LogP contribution >= 0.6 is 15.9 Å². The van der Waals surface area contributed by atoms with E-state index in [9.17, 15) is 0 Å². The van der Waals surface area contributed by atoms with Gasteiger partial charge in [0.2, 0.25) is 0 Å². The molecular formula is C11H17BrO. The Hall–Kier alpha value is -0.500. The van der Waals surface area contributed by atoms with Crippen molar-refractivity contribution in [3.05, 3.63) is 27.7 Å². The van der Waals surface area contributed by atoms with Gasteiger partial charge in [0.1, 0.15) is 5.75 Å². The lowest BCUT2D eigenvalue weighted by atomic mass is 10.1. The summed E-state index contributed by atoms with van der Waals surface area (Å²) < 4.78 is 6.28. The van der Waals surface area contributed by atoms with Crippen molar-refractivity contribution in [1.29, 1.82) is 0 Å². The molecule has 0 bridgehead atoms. The number of halogens is 1. The highest BCUT2D eigenvalue weighted by molar-refractivity contribution is 9.10. The first-order valence-corrected chi connectivity index (χ1v) is 5.25. The van der Waals surface area contributed by atoms with E-state index in [4.69, 9.17) is 4.74 Å². The van der Waals surface area contributed by atoms with Crippen molar-refractivity contribution in [2.45, 2.75) is 27.7 Å². The molecule has 0 unspecified atom stereocenters. The largest absolute Gasteiger partial charge is 0.496 e. The molecule has 0 saturated carbocycles. The second kappa shape index (κ2) is 6.03. The van der Waals surface area contributed by atoms with E-state index in [1.54, 1.807) is 7.11 Å². The van der Waals surface area contributed by atoms with E-state index >= 15 is 0 Å². The van der Waals surface area contributed by atoms with Gasteiger partial charge in [-0.3, -0.25) is 0 Å². The molecule has 0 aliphatic rings. The molecule has 0 radical (unpaired) electrons. The van der Waals surface area contributed by atoms with Gasteiger partial charge in [0.05, 0.1) is 7.11 Å². The minimum absolute atomic E-state index is 0.942. The Bertz CT molecular complexity index is 269. The van der Waals surface area contributed by atoms with Crippen LogP contribution < -0.4 is 4.74 Å². The van der Waals surface area contributed by atoms with E-state index in [-0.39, 0.29) is 0 Å². The SMILES string of the molecule is CC.COc1cc(C)cc(Br)c1C. The van der Waals surface area contributed by atoms with Crippen LogP contribution in [0.25, 0.3) is 0 Å². The quantitative estimate of drug-likeness (QED) is 0.723. The third kappa shape index (κ3) is 3.39. The van der Waals surface area contributed by atoms with Gasteiger partial charge in [-0.05, 0) is 31.5 Å². The van der Waals surface area contributed by atoms with Gasteiger partial charge >= 0.3 is 0 Å². The van der Waals surface area contributed by atoms with E-state index in [1.165, 1.54) is 5.56 Å². The molecular weight excluding hydrogens is 228 g/mol. The molecule has 74 valence electrons. The fourth-order valence-corrected chi connectivity index (χ4v) is 1.55. The molecule has 1 aromatic rings. The number of rotatable bonds is 1. The minimum atomic E-state index is 0.942. The van der Waals surface area contributed by atoms with Gasteiger partial charge in [0, 0.05) is 10.0 Å². The summed E-state index contributed by atoms with van der Waals surface area (Å²) in [6.07, 6.45) is 0. The highest BCUT2D eigenvalue weighted by atomic mass is 79.9. The van der Waals surface area contributed by atoms with Crippen LogP contribution in [-0.2, 0) is 0 Å². The summed E-state index contributed by atoms with van der Waals surface area (Å²) >= 11 is 3.46. The normalized spacial score (nSPS) is 8.77. The van der Waals surface area contributed by atoms with Gasteiger partial charge in [0.15, 0.2) is 0 Å². The maximum Gasteiger partial charge on any atom is 0.123 e. The van der Waals surface area contributed by atoms with Crippen LogP contribution in [0.1, 0.15) is 25.0 Å². The van der Waals surface area contributed by atoms with Crippen molar-refractivity contribution in [2.24, 2.45) is 0 Å². The zero-order chi connectivity index (χ0) is 10.4. The molecule has 0 atom stereocenters. The molecule has 1 nitrogen and oxygen atoms in total. The standard InChI is InChI=1S/C9H11BrO.C2H6/c1-6-4-8(10)7(2)9(5-6)11-3;1-2/h4-5H,1-3H3;1-2H3. The lowest BCUT2D eigenvalue weighted by molar-refractivity contribution is 0.411. The predicted molar refractivity (Wildman–Crippen MR) is 61.5 cm³/mol. The number of methoxy groups -OCH3 is 1. The molecule has 0 spiro atoms. The first kappa shape index (κ1) is 12.5. The van der Waals surface area contributed by atoms with Crippen LogP contribution in [0.15, 0.2) is 16.6 Å². The van der Waals surface area contributed by atoms with Crippen LogP contribution in [-0.4, -0.2) is 7.11 Å². The topological polar surface area (TPSA) is 9.23 Å². The molecule has 0 aromatic heterocycles. The number of hydrogen-bond donors (Lipinski definition) is 0. The Morgan fingerprint density at radius 3 is 2.15 bits per heavy atom. The van der Waals surface area contributed by atoms with Crippen LogP contribution in [0, 0.1) is 13.8 Å². The Morgan fingerprint density at radius 2 is 1.69 bits per heavy atom. The molecule has 1 aromatic carbocycles. The summed E-state index contributed by atoms with van der Waals surface area (Å²) in [5.74, 6) is 0.942. The summed E-state index contributed by atoms with van der Waals surface area (Å²) in [7, 11) is 1.69. The summed E-state index contributed by atoms with van der Waals surface area (Å²) in [6.45, 7) is 8.08. The van der Waals surface area contributed by atoms with Crippen LogP contribution in [0.4, 0.5) is 0 Å². The zero-order valence-corrected chi connectivity index (χ0v) is 10.5. The highest BCUT2D eigenvalue weighted by Crippen LogP contribution is 2.27. The van der Waals surface area contributed by atoms with E-state index < -0.39 is 0 Å². The lowest BCUT2D eigenvalue weighted by Crippen LogP contribution is -1.88. The zero-order valence-electron chi connectivity index (χ0n) is 8.94. The Labute approximate surface area is 89.2 Å². The van der Waals surface area contributed by atoms with Gasteiger partial charge in [-0.15, -0.1) is 0 Å². The Balaban J connectivity index is 0.000000671. The smallest absolute Gasteiger partial charge is 0.123 e. The minimum Gasteiger partial charge on any atom is -0.496 e. The van der Waals surface area contributed by atoms with Crippen molar-refractivity contribution in [1.82, 2.24) is 0 Å². The maximum absolute atomic E-state index is 5.18. The van der Waals surface area contributed by atoms with E-state index in [0.29, 0.717) is 0 Å². The molecule has 0 amide bonds. The van der Waals surface area contributed by atoms with Crippen molar-refractivity contribution in [3.8, 4) is 5.75 Å². The van der Waals surface area contributed by atoms with E-state index in [2.05, 4.69) is 22.0 Å². The van der Waals surface area contributed by atoms with Gasteiger partial charge in [-0.2, -0.15) is 0 Å².